The molecule has 0 fully saturated rings. The molecule has 0 aliphatic rings. The Morgan fingerprint density at radius 1 is 1.25 bits per heavy atom. The van der Waals surface area contributed by atoms with Crippen molar-refractivity contribution in [1.82, 2.24) is 0 Å². The second kappa shape index (κ2) is 3.92. The molecule has 0 saturated carbocycles. The highest BCUT2D eigenvalue weighted by Gasteiger charge is 2.03. The van der Waals surface area contributed by atoms with Crippen LogP contribution in [0.4, 0.5) is 0 Å². The van der Waals surface area contributed by atoms with Crippen molar-refractivity contribution in [3.63, 3.8) is 0 Å². The third-order valence-corrected chi connectivity index (χ3v) is 2.03. The summed E-state index contributed by atoms with van der Waals surface area (Å²) in [5, 5.41) is 8.90. The fourth-order valence-electron chi connectivity index (χ4n) is 1.29. The third-order valence-electron chi connectivity index (χ3n) is 2.03. The zero-order valence-corrected chi connectivity index (χ0v) is 7.52. The summed E-state index contributed by atoms with van der Waals surface area (Å²) in [4.78, 5) is 0. The summed E-state index contributed by atoms with van der Waals surface area (Å²) in [6.07, 6.45) is 1.82. The molecule has 0 heterocycles. The van der Waals surface area contributed by atoms with E-state index in [0.717, 1.165) is 29.5 Å². The maximum atomic E-state index is 8.90. The van der Waals surface area contributed by atoms with Crippen molar-refractivity contribution < 1.29 is 0 Å². The number of hydrogen-bond donors (Lipinski definition) is 0. The lowest BCUT2D eigenvalue weighted by Gasteiger charge is -2.04. The van der Waals surface area contributed by atoms with Gasteiger partial charge in [-0.25, -0.2) is 0 Å². The van der Waals surface area contributed by atoms with Crippen molar-refractivity contribution in [2.75, 3.05) is 0 Å². The molecule has 1 rings (SSSR count). The highest BCUT2D eigenvalue weighted by molar-refractivity contribution is 5.43. The molecule has 0 aliphatic carbocycles. The Kier molecular flexibility index (Phi) is 2.88. The molecular formula is C11H12N. The Labute approximate surface area is 73.6 Å². The quantitative estimate of drug-likeness (QED) is 0.648. The van der Waals surface area contributed by atoms with E-state index in [2.05, 4.69) is 26.0 Å². The Morgan fingerprint density at radius 3 is 2.08 bits per heavy atom. The van der Waals surface area contributed by atoms with E-state index in [4.69, 9.17) is 5.26 Å². The molecule has 0 saturated heterocycles. The fraction of sp³-hybridized carbons (Fsp3) is 0.364. The molecule has 0 amide bonds. The molecule has 1 radical (unpaired) electrons. The Hall–Kier alpha value is -1.29. The van der Waals surface area contributed by atoms with Gasteiger partial charge in [0.25, 0.3) is 0 Å². The number of aryl methyl sites for hydroxylation is 2. The zero-order valence-electron chi connectivity index (χ0n) is 7.52. The van der Waals surface area contributed by atoms with Gasteiger partial charge in [-0.1, -0.05) is 13.8 Å². The predicted octanol–water partition coefficient (Wildman–Crippen LogP) is 2.48. The molecule has 0 aliphatic heterocycles. The number of nitrogens with zero attached hydrogens (tertiary/aromatic N) is 1. The van der Waals surface area contributed by atoms with E-state index in [-0.39, 0.29) is 0 Å². The van der Waals surface area contributed by atoms with Crippen molar-refractivity contribution in [3.05, 3.63) is 34.9 Å². The second-order valence-electron chi connectivity index (χ2n) is 2.70. The molecule has 61 valence electrons. The fourth-order valence-corrected chi connectivity index (χ4v) is 1.29. The van der Waals surface area contributed by atoms with Crippen LogP contribution in [-0.2, 0) is 12.8 Å². The molecule has 0 N–H and O–H groups in total. The molecular weight excluding hydrogens is 146 g/mol. The summed E-state index contributed by atoms with van der Waals surface area (Å²) < 4.78 is 0. The first kappa shape index (κ1) is 8.80. The van der Waals surface area contributed by atoms with Crippen molar-refractivity contribution in [1.29, 1.82) is 5.26 Å². The number of hydrogen-bond acceptors (Lipinski definition) is 1. The number of benzene rings is 1. The monoisotopic (exact) mass is 158 g/mol. The minimum Gasteiger partial charge on any atom is -0.192 e. The average Bonchev–Trinajstić information content (AvgIpc) is 2.16. The van der Waals surface area contributed by atoms with Crippen LogP contribution >= 0.6 is 0 Å². The normalized spacial score (nSPS) is 9.42. The summed E-state index contributed by atoms with van der Waals surface area (Å²) in [5.41, 5.74) is 3.06. The van der Waals surface area contributed by atoms with Crippen LogP contribution in [0.5, 0.6) is 0 Å². The van der Waals surface area contributed by atoms with E-state index in [1.807, 2.05) is 12.1 Å². The third kappa shape index (κ3) is 1.48. The van der Waals surface area contributed by atoms with E-state index in [0.29, 0.717) is 0 Å². The average molecular weight is 158 g/mol. The predicted molar refractivity (Wildman–Crippen MR) is 48.7 cm³/mol. The number of rotatable bonds is 2. The maximum absolute atomic E-state index is 8.90. The second-order valence-corrected chi connectivity index (χ2v) is 2.70. The lowest BCUT2D eigenvalue weighted by atomic mass is 9.99. The van der Waals surface area contributed by atoms with Gasteiger partial charge in [-0.15, -0.1) is 0 Å². The lowest BCUT2D eigenvalue weighted by molar-refractivity contribution is 1.07. The van der Waals surface area contributed by atoms with Crippen LogP contribution in [0.2, 0.25) is 0 Å². The van der Waals surface area contributed by atoms with Gasteiger partial charge in [0.2, 0.25) is 0 Å². The molecule has 0 atom stereocenters. The van der Waals surface area contributed by atoms with Crippen LogP contribution in [0.3, 0.4) is 0 Å². The molecule has 1 heteroatoms. The summed E-state index contributed by atoms with van der Waals surface area (Å²) in [7, 11) is 0. The van der Waals surface area contributed by atoms with Crippen molar-refractivity contribution in [3.8, 4) is 6.07 Å². The molecule has 0 bridgehead atoms. The van der Waals surface area contributed by atoms with Crippen LogP contribution in [0.15, 0.2) is 12.1 Å². The Bertz CT molecular complexity index is 285. The van der Waals surface area contributed by atoms with E-state index in [1.165, 1.54) is 0 Å². The van der Waals surface area contributed by atoms with Gasteiger partial charge >= 0.3 is 0 Å². The van der Waals surface area contributed by atoms with Crippen LogP contribution in [0.25, 0.3) is 0 Å². The van der Waals surface area contributed by atoms with Gasteiger partial charge in [0.15, 0.2) is 0 Å². The van der Waals surface area contributed by atoms with Crippen LogP contribution in [0.1, 0.15) is 30.5 Å². The van der Waals surface area contributed by atoms with Crippen molar-refractivity contribution in [2.45, 2.75) is 26.7 Å². The van der Waals surface area contributed by atoms with Gasteiger partial charge in [-0.2, -0.15) is 5.26 Å². The van der Waals surface area contributed by atoms with Gasteiger partial charge in [-0.3, -0.25) is 0 Å². The largest absolute Gasteiger partial charge is 0.192 e. The smallest absolute Gasteiger partial charge is 0.0997 e. The van der Waals surface area contributed by atoms with Crippen molar-refractivity contribution >= 4 is 0 Å². The summed E-state index contributed by atoms with van der Waals surface area (Å²) >= 11 is 0. The van der Waals surface area contributed by atoms with Crippen LogP contribution in [-0.4, -0.2) is 0 Å². The van der Waals surface area contributed by atoms with Crippen LogP contribution < -0.4 is 0 Å². The molecule has 12 heavy (non-hydrogen) atoms. The summed E-state index contributed by atoms with van der Waals surface area (Å²) in [6.45, 7) is 4.12. The molecule has 0 aromatic heterocycles. The first-order valence-electron chi connectivity index (χ1n) is 4.25. The van der Waals surface area contributed by atoms with Gasteiger partial charge in [-0.05, 0) is 42.2 Å². The van der Waals surface area contributed by atoms with E-state index in [9.17, 15) is 0 Å². The first-order chi connectivity index (χ1) is 5.83. The van der Waals surface area contributed by atoms with E-state index < -0.39 is 0 Å². The molecule has 1 aromatic rings. The first-order valence-corrected chi connectivity index (χ1v) is 4.25. The molecule has 0 unspecified atom stereocenters. The highest BCUT2D eigenvalue weighted by Crippen LogP contribution is 2.14. The van der Waals surface area contributed by atoms with E-state index >= 15 is 0 Å². The van der Waals surface area contributed by atoms with Crippen molar-refractivity contribution in [2.24, 2.45) is 0 Å². The lowest BCUT2D eigenvalue weighted by Crippen LogP contribution is -1.93. The van der Waals surface area contributed by atoms with Gasteiger partial charge in [0.05, 0.1) is 11.6 Å². The van der Waals surface area contributed by atoms with E-state index in [1.54, 1.807) is 0 Å². The number of nitriles is 1. The molecule has 1 aromatic carbocycles. The molecule has 0 spiro atoms. The SMILES string of the molecule is CCc1c[c]cc(CC)c1C#N. The van der Waals surface area contributed by atoms with Gasteiger partial charge in [0, 0.05) is 0 Å². The summed E-state index contributed by atoms with van der Waals surface area (Å²) in [5.74, 6) is 0. The standard InChI is InChI=1S/C11H12N/c1-3-9-6-5-7-10(4-2)11(9)8-12/h6-7H,3-4H2,1-2H3. The Balaban J connectivity index is 3.25. The maximum Gasteiger partial charge on any atom is 0.0997 e. The minimum absolute atomic E-state index is 0.846. The molecule has 1 nitrogen and oxygen atoms in total. The van der Waals surface area contributed by atoms with Gasteiger partial charge < -0.3 is 0 Å². The zero-order chi connectivity index (χ0) is 8.97. The van der Waals surface area contributed by atoms with Gasteiger partial charge in [0.1, 0.15) is 0 Å². The Morgan fingerprint density at radius 2 is 1.75 bits per heavy atom. The van der Waals surface area contributed by atoms with Crippen LogP contribution in [0, 0.1) is 17.4 Å². The highest BCUT2D eigenvalue weighted by atomic mass is 14.3. The minimum atomic E-state index is 0.846. The summed E-state index contributed by atoms with van der Waals surface area (Å²) in [6, 6.07) is 9.10. The topological polar surface area (TPSA) is 23.8 Å².